The number of sulfone groups is 1. The van der Waals surface area contributed by atoms with Gasteiger partial charge < -0.3 is 0 Å². The highest BCUT2D eigenvalue weighted by Gasteiger charge is 2.47. The molecule has 0 spiro atoms. The lowest BCUT2D eigenvalue weighted by molar-refractivity contribution is 0.603. The zero-order valence-electron chi connectivity index (χ0n) is 10.7. The summed E-state index contributed by atoms with van der Waals surface area (Å²) in [5.41, 5.74) is 0.0827. The predicted octanol–water partition coefficient (Wildman–Crippen LogP) is 5.06. The zero-order valence-corrected chi connectivity index (χ0v) is 19.6. The molecule has 0 aromatic carbocycles. The summed E-state index contributed by atoms with van der Waals surface area (Å²) < 4.78 is 21.9. The molecule has 0 bridgehead atoms. The highest BCUT2D eigenvalue weighted by molar-refractivity contribution is 9.27. The first-order valence-electron chi connectivity index (χ1n) is 5.17. The lowest BCUT2D eigenvalue weighted by Crippen LogP contribution is -2.32. The highest BCUT2D eigenvalue weighted by atomic mass is 79.9. The number of thiol groups is 2. The average Bonchev–Trinajstić information content (AvgIpc) is 2.34. The number of hydrogen-bond donors (Lipinski definition) is 2. The predicted molar refractivity (Wildman–Crippen MR) is 110 cm³/mol. The molecule has 0 aliphatic rings. The quantitative estimate of drug-likeness (QED) is 0.253. The van der Waals surface area contributed by atoms with E-state index in [-0.39, 0.29) is 21.1 Å². The van der Waals surface area contributed by atoms with E-state index in [1.807, 2.05) is 0 Å². The lowest BCUT2D eigenvalue weighted by atomic mass is 10.1. The molecule has 0 aromatic heterocycles. The van der Waals surface area contributed by atoms with Gasteiger partial charge in [0.2, 0.25) is 0 Å². The molecule has 0 aromatic rings. The molecule has 0 amide bonds. The average molecular weight is 605 g/mol. The Bertz CT molecular complexity index is 617. The molecule has 21 heavy (non-hydrogen) atoms. The van der Waals surface area contributed by atoms with Crippen LogP contribution in [-0.2, 0) is 9.84 Å². The summed E-state index contributed by atoms with van der Waals surface area (Å²) in [6, 6.07) is 1.74. The number of rotatable bonds is 6. The van der Waals surface area contributed by atoms with E-state index >= 15 is 0 Å². The number of alkyl halides is 4. The molecule has 0 unspecified atom stereocenters. The Morgan fingerprint density at radius 1 is 1.14 bits per heavy atom. The number of halogens is 4. The summed E-state index contributed by atoms with van der Waals surface area (Å²) in [4.78, 5) is 0.0572. The van der Waals surface area contributed by atoms with E-state index in [2.05, 4.69) is 102 Å². The van der Waals surface area contributed by atoms with Gasteiger partial charge in [0.25, 0.3) is 0 Å². The van der Waals surface area contributed by atoms with Crippen molar-refractivity contribution >= 4 is 98.8 Å². The summed E-state index contributed by atoms with van der Waals surface area (Å²) in [7, 11) is -3.79. The molecule has 10 heteroatoms. The molecular weight excluding hydrogens is 594 g/mol. The standard InChI is InChI=1S/C11H11Br4NO2S3/c1-4-21(17,18)8(5-16)9(10(12,13)6(2)19)11(14,15)7(3)20/h19-20H,2-4H2,1H3. The SMILES string of the molecule is C=C(S)C(Br)(Br)C(=C(C#N)S(=O)(=O)CC)C(Br)(Br)C(=C)S. The highest BCUT2D eigenvalue weighted by Crippen LogP contribution is 2.56. The van der Waals surface area contributed by atoms with Crippen molar-refractivity contribution in [3.8, 4) is 6.07 Å². The van der Waals surface area contributed by atoms with E-state index in [1.54, 1.807) is 6.07 Å². The van der Waals surface area contributed by atoms with Gasteiger partial charge in [0.05, 0.1) is 5.75 Å². The fraction of sp³-hybridized carbons (Fsp3) is 0.364. The van der Waals surface area contributed by atoms with Crippen molar-refractivity contribution in [2.45, 2.75) is 13.4 Å². The summed E-state index contributed by atoms with van der Waals surface area (Å²) in [5.74, 6) is -0.232. The van der Waals surface area contributed by atoms with Gasteiger partial charge in [-0.3, -0.25) is 0 Å². The zero-order chi connectivity index (χ0) is 17.2. The van der Waals surface area contributed by atoms with Crippen LogP contribution in [0, 0.1) is 11.3 Å². The molecule has 0 fully saturated rings. The Kier molecular flexibility index (Phi) is 8.38. The molecule has 0 saturated carbocycles. The summed E-state index contributed by atoms with van der Waals surface area (Å²) in [6.45, 7) is 8.81. The fourth-order valence-corrected chi connectivity index (χ4v) is 6.04. The van der Waals surface area contributed by atoms with Crippen molar-refractivity contribution < 1.29 is 8.42 Å². The topological polar surface area (TPSA) is 57.9 Å². The second kappa shape index (κ2) is 7.90. The normalized spacial score (nSPS) is 12.5. The Morgan fingerprint density at radius 2 is 1.48 bits per heavy atom. The molecule has 0 aliphatic heterocycles. The molecule has 0 radical (unpaired) electrons. The van der Waals surface area contributed by atoms with Gasteiger partial charge in [0.1, 0.15) is 17.4 Å². The van der Waals surface area contributed by atoms with Crippen molar-refractivity contribution in [1.82, 2.24) is 0 Å². The van der Waals surface area contributed by atoms with Crippen LogP contribution in [0.5, 0.6) is 0 Å². The second-order valence-electron chi connectivity index (χ2n) is 3.76. The van der Waals surface area contributed by atoms with Gasteiger partial charge in [-0.1, -0.05) is 83.8 Å². The Hall–Kier alpha value is 1.28. The maximum Gasteiger partial charge on any atom is 0.188 e. The molecule has 0 aliphatic carbocycles. The van der Waals surface area contributed by atoms with Gasteiger partial charge in [0, 0.05) is 15.4 Å². The molecule has 0 saturated heterocycles. The van der Waals surface area contributed by atoms with E-state index in [1.165, 1.54) is 6.92 Å². The molecule has 0 atom stereocenters. The van der Waals surface area contributed by atoms with E-state index < -0.39 is 21.2 Å². The summed E-state index contributed by atoms with van der Waals surface area (Å²) >= 11 is 21.6. The largest absolute Gasteiger partial charge is 0.223 e. The minimum Gasteiger partial charge on any atom is -0.223 e. The van der Waals surface area contributed by atoms with E-state index in [9.17, 15) is 13.7 Å². The van der Waals surface area contributed by atoms with Crippen molar-refractivity contribution in [1.29, 1.82) is 5.26 Å². The van der Waals surface area contributed by atoms with Crippen LogP contribution in [0.15, 0.2) is 33.4 Å². The first-order valence-corrected chi connectivity index (χ1v) is 10.9. The van der Waals surface area contributed by atoms with Gasteiger partial charge in [-0.2, -0.15) is 5.26 Å². The summed E-state index contributed by atoms with van der Waals surface area (Å²) in [5, 5.41) is 9.37. The first-order chi connectivity index (χ1) is 9.26. The smallest absolute Gasteiger partial charge is 0.188 e. The van der Waals surface area contributed by atoms with Crippen LogP contribution in [0.25, 0.3) is 0 Å². The van der Waals surface area contributed by atoms with Crippen molar-refractivity contribution in [3.05, 3.63) is 33.4 Å². The van der Waals surface area contributed by atoms with Crippen molar-refractivity contribution in [2.75, 3.05) is 5.75 Å². The van der Waals surface area contributed by atoms with Gasteiger partial charge in [-0.15, -0.1) is 25.3 Å². The minimum atomic E-state index is -3.79. The monoisotopic (exact) mass is 601 g/mol. The lowest BCUT2D eigenvalue weighted by Gasteiger charge is -2.34. The van der Waals surface area contributed by atoms with Crippen LogP contribution in [0.4, 0.5) is 0 Å². The van der Waals surface area contributed by atoms with Crippen LogP contribution < -0.4 is 0 Å². The van der Waals surface area contributed by atoms with Gasteiger partial charge in [-0.25, -0.2) is 8.42 Å². The molecule has 0 rings (SSSR count). The molecule has 0 heterocycles. The number of nitrogens with zero attached hydrogens (tertiary/aromatic N) is 1. The molecule has 0 N–H and O–H groups in total. The third kappa shape index (κ3) is 4.88. The van der Waals surface area contributed by atoms with E-state index in [0.29, 0.717) is 0 Å². The first kappa shape index (κ1) is 22.3. The van der Waals surface area contributed by atoms with Crippen LogP contribution in [0.1, 0.15) is 6.92 Å². The Morgan fingerprint density at radius 3 is 1.67 bits per heavy atom. The van der Waals surface area contributed by atoms with Gasteiger partial charge in [-0.05, 0) is 0 Å². The van der Waals surface area contributed by atoms with Crippen LogP contribution in [0.3, 0.4) is 0 Å². The maximum atomic E-state index is 12.2. The van der Waals surface area contributed by atoms with Crippen LogP contribution >= 0.6 is 89.0 Å². The summed E-state index contributed by atoms with van der Waals surface area (Å²) in [6.07, 6.45) is 0. The number of hydrogen-bond acceptors (Lipinski definition) is 5. The maximum absolute atomic E-state index is 12.2. The van der Waals surface area contributed by atoms with Crippen LogP contribution in [-0.4, -0.2) is 20.6 Å². The van der Waals surface area contributed by atoms with Crippen LogP contribution in [0.2, 0.25) is 0 Å². The second-order valence-corrected chi connectivity index (χ2v) is 13.9. The third-order valence-electron chi connectivity index (χ3n) is 2.37. The van der Waals surface area contributed by atoms with E-state index in [0.717, 1.165) is 0 Å². The molecular formula is C11H11Br4NO2S3. The molecule has 118 valence electrons. The Labute approximate surface area is 169 Å². The van der Waals surface area contributed by atoms with Crippen molar-refractivity contribution in [3.63, 3.8) is 0 Å². The number of nitriles is 1. The third-order valence-corrected chi connectivity index (χ3v) is 9.45. The van der Waals surface area contributed by atoms with Gasteiger partial charge in [0.15, 0.2) is 9.84 Å². The van der Waals surface area contributed by atoms with E-state index in [4.69, 9.17) is 0 Å². The van der Waals surface area contributed by atoms with Gasteiger partial charge >= 0.3 is 0 Å². The fourth-order valence-electron chi connectivity index (χ4n) is 1.20. The Balaban J connectivity index is 6.98. The molecule has 3 nitrogen and oxygen atoms in total. The number of allylic oxidation sites excluding steroid dienone is 4. The van der Waals surface area contributed by atoms with Crippen molar-refractivity contribution in [2.24, 2.45) is 0 Å². The minimum absolute atomic E-state index is 0.0827.